The van der Waals surface area contributed by atoms with E-state index < -0.39 is 14.2 Å². The van der Waals surface area contributed by atoms with Gasteiger partial charge in [0.05, 0.1) is 0 Å². The lowest BCUT2D eigenvalue weighted by Crippen LogP contribution is -2.35. The predicted molar refractivity (Wildman–Crippen MR) is 67.5 cm³/mol. The molecule has 0 radical (unpaired) electrons. The van der Waals surface area contributed by atoms with Crippen molar-refractivity contribution in [3.63, 3.8) is 0 Å². The Morgan fingerprint density at radius 1 is 1.00 bits per heavy atom. The molecule has 0 atom stereocenters. The summed E-state index contributed by atoms with van der Waals surface area (Å²) < 4.78 is 0. The van der Waals surface area contributed by atoms with Gasteiger partial charge in [-0.1, -0.05) is 38.1 Å². The van der Waals surface area contributed by atoms with Crippen molar-refractivity contribution in [3.8, 4) is 0 Å². The summed E-state index contributed by atoms with van der Waals surface area (Å²) in [4.78, 5) is 0. The van der Waals surface area contributed by atoms with Gasteiger partial charge in [0.25, 0.3) is 0 Å². The van der Waals surface area contributed by atoms with Crippen LogP contribution in [0.15, 0.2) is 24.3 Å². The molecule has 1 aliphatic carbocycles. The number of rotatable bonds is 2. The van der Waals surface area contributed by atoms with Crippen molar-refractivity contribution in [1.82, 2.24) is 0 Å². The van der Waals surface area contributed by atoms with Crippen molar-refractivity contribution >= 4 is 25.2 Å². The molecule has 0 fully saturated rings. The van der Waals surface area contributed by atoms with E-state index in [1.54, 1.807) is 18.2 Å². The van der Waals surface area contributed by atoms with Crippen LogP contribution in [0.5, 0.6) is 0 Å². The van der Waals surface area contributed by atoms with E-state index in [-0.39, 0.29) is 5.41 Å². The van der Waals surface area contributed by atoms with Crippen molar-refractivity contribution in [2.75, 3.05) is 0 Å². The Labute approximate surface area is 101 Å². The fraction of sp³-hybridized carbons (Fsp3) is 0.273. The van der Waals surface area contributed by atoms with Crippen LogP contribution in [0.4, 0.5) is 0 Å². The topological polar surface area (TPSA) is 80.9 Å². The van der Waals surface area contributed by atoms with E-state index in [2.05, 4.69) is 0 Å². The molecule has 0 amide bonds. The summed E-state index contributed by atoms with van der Waals surface area (Å²) in [6.45, 7) is 3.88. The SMILES string of the molecule is CC1(C)C=C(B(O)O)c2c(B(O)O)cccc21. The van der Waals surface area contributed by atoms with E-state index in [4.69, 9.17) is 0 Å². The van der Waals surface area contributed by atoms with Gasteiger partial charge in [0.1, 0.15) is 0 Å². The molecule has 0 aromatic heterocycles. The first-order valence-corrected chi connectivity index (χ1v) is 5.43. The maximum atomic E-state index is 9.36. The Kier molecular flexibility index (Phi) is 2.91. The quantitative estimate of drug-likeness (QED) is 0.495. The third-order valence-corrected chi connectivity index (χ3v) is 3.15. The van der Waals surface area contributed by atoms with Crippen LogP contribution in [0.2, 0.25) is 0 Å². The molecule has 2 rings (SSSR count). The second kappa shape index (κ2) is 3.99. The number of allylic oxidation sites excluding steroid dienone is 1. The summed E-state index contributed by atoms with van der Waals surface area (Å²) in [7, 11) is -3.24. The van der Waals surface area contributed by atoms with Gasteiger partial charge in [-0.05, 0) is 22.1 Å². The van der Waals surface area contributed by atoms with Gasteiger partial charge in [-0.25, -0.2) is 0 Å². The second-order valence-corrected chi connectivity index (χ2v) is 4.84. The standard InChI is InChI=1S/C11H14B2O4/c1-11(2)6-9(13(16)17)10-7(11)4-3-5-8(10)12(14)15/h3-6,14-17H,1-2H3. The Balaban J connectivity index is 2.69. The zero-order chi connectivity index (χ0) is 12.8. The summed E-state index contributed by atoms with van der Waals surface area (Å²) in [5, 5.41) is 37.4. The van der Waals surface area contributed by atoms with Crippen molar-refractivity contribution in [3.05, 3.63) is 35.4 Å². The second-order valence-electron chi connectivity index (χ2n) is 4.84. The smallest absolute Gasteiger partial charge is 0.423 e. The van der Waals surface area contributed by atoms with Gasteiger partial charge in [-0.3, -0.25) is 0 Å². The highest BCUT2D eigenvalue weighted by Crippen LogP contribution is 2.39. The van der Waals surface area contributed by atoms with Crippen LogP contribution in [-0.2, 0) is 5.41 Å². The van der Waals surface area contributed by atoms with Crippen LogP contribution in [0.25, 0.3) is 5.47 Å². The monoisotopic (exact) mass is 232 g/mol. The summed E-state index contributed by atoms with van der Waals surface area (Å²) >= 11 is 0. The van der Waals surface area contributed by atoms with Crippen LogP contribution in [0.1, 0.15) is 25.0 Å². The van der Waals surface area contributed by atoms with Crippen molar-refractivity contribution < 1.29 is 20.1 Å². The van der Waals surface area contributed by atoms with Gasteiger partial charge in [0.15, 0.2) is 0 Å². The molecule has 1 aromatic rings. The molecule has 88 valence electrons. The highest BCUT2D eigenvalue weighted by Gasteiger charge is 2.37. The fourth-order valence-electron chi connectivity index (χ4n) is 2.39. The van der Waals surface area contributed by atoms with Gasteiger partial charge >= 0.3 is 14.2 Å². The lowest BCUT2D eigenvalue weighted by Gasteiger charge is -2.19. The van der Waals surface area contributed by atoms with Crippen LogP contribution in [0, 0.1) is 0 Å². The van der Waals surface area contributed by atoms with E-state index in [1.165, 1.54) is 0 Å². The number of benzene rings is 1. The minimum atomic E-state index is -1.62. The molecule has 0 heterocycles. The number of hydrogen-bond donors (Lipinski definition) is 4. The molecule has 4 N–H and O–H groups in total. The van der Waals surface area contributed by atoms with Crippen LogP contribution in [0.3, 0.4) is 0 Å². The van der Waals surface area contributed by atoms with E-state index in [1.807, 2.05) is 19.9 Å². The highest BCUT2D eigenvalue weighted by atomic mass is 16.4. The minimum Gasteiger partial charge on any atom is -0.423 e. The molecule has 1 aromatic carbocycles. The molecule has 4 nitrogen and oxygen atoms in total. The van der Waals surface area contributed by atoms with Gasteiger partial charge < -0.3 is 20.1 Å². The maximum Gasteiger partial charge on any atom is 0.489 e. The molecule has 1 aliphatic rings. The van der Waals surface area contributed by atoms with Gasteiger partial charge in [0.2, 0.25) is 0 Å². The zero-order valence-corrected chi connectivity index (χ0v) is 9.75. The molecule has 0 unspecified atom stereocenters. The Morgan fingerprint density at radius 3 is 2.18 bits per heavy atom. The lowest BCUT2D eigenvalue weighted by molar-refractivity contribution is 0.425. The molecule has 0 saturated heterocycles. The summed E-state index contributed by atoms with van der Waals surface area (Å²) in [6.07, 6.45) is 1.74. The van der Waals surface area contributed by atoms with Gasteiger partial charge in [-0.2, -0.15) is 0 Å². The molecule has 17 heavy (non-hydrogen) atoms. The van der Waals surface area contributed by atoms with Gasteiger partial charge in [0, 0.05) is 5.41 Å². The van der Waals surface area contributed by atoms with E-state index in [9.17, 15) is 20.1 Å². The zero-order valence-electron chi connectivity index (χ0n) is 9.75. The normalized spacial score (nSPS) is 16.5. The Hall–Kier alpha value is -1.07. The van der Waals surface area contributed by atoms with Gasteiger partial charge in [-0.15, -0.1) is 0 Å². The number of hydrogen-bond acceptors (Lipinski definition) is 4. The van der Waals surface area contributed by atoms with Crippen molar-refractivity contribution in [2.45, 2.75) is 19.3 Å². The molecule has 0 bridgehead atoms. The molecule has 0 spiro atoms. The molecular formula is C11H14B2O4. The molecule has 0 aliphatic heterocycles. The largest absolute Gasteiger partial charge is 0.489 e. The molecule has 6 heteroatoms. The van der Waals surface area contributed by atoms with Crippen LogP contribution in [-0.4, -0.2) is 34.3 Å². The summed E-state index contributed by atoms with van der Waals surface area (Å²) in [5.41, 5.74) is 1.68. The Morgan fingerprint density at radius 2 is 1.65 bits per heavy atom. The maximum absolute atomic E-state index is 9.36. The first-order chi connectivity index (χ1) is 7.84. The summed E-state index contributed by atoms with van der Waals surface area (Å²) in [5.74, 6) is 0. The minimum absolute atomic E-state index is 0.299. The summed E-state index contributed by atoms with van der Waals surface area (Å²) in [6, 6.07) is 5.16. The average molecular weight is 232 g/mol. The first kappa shape index (κ1) is 12.4. The van der Waals surface area contributed by atoms with E-state index >= 15 is 0 Å². The van der Waals surface area contributed by atoms with Crippen molar-refractivity contribution in [2.24, 2.45) is 0 Å². The molecule has 0 saturated carbocycles. The lowest BCUT2D eigenvalue weighted by atomic mass is 9.67. The van der Waals surface area contributed by atoms with Crippen molar-refractivity contribution in [1.29, 1.82) is 0 Å². The fourth-order valence-corrected chi connectivity index (χ4v) is 2.39. The third-order valence-electron chi connectivity index (χ3n) is 3.15. The predicted octanol–water partition coefficient (Wildman–Crippen LogP) is -0.947. The third kappa shape index (κ3) is 1.93. The van der Waals surface area contributed by atoms with E-state index in [0.29, 0.717) is 16.5 Å². The highest BCUT2D eigenvalue weighted by molar-refractivity contribution is 6.69. The molecular weight excluding hydrogens is 218 g/mol. The average Bonchev–Trinajstić information content (AvgIpc) is 2.51. The van der Waals surface area contributed by atoms with Crippen LogP contribution < -0.4 is 5.46 Å². The number of fused-ring (bicyclic) bond motifs is 1. The Bertz CT molecular complexity index is 480. The van der Waals surface area contributed by atoms with Crippen LogP contribution >= 0.6 is 0 Å². The first-order valence-electron chi connectivity index (χ1n) is 5.43. The van der Waals surface area contributed by atoms with E-state index in [0.717, 1.165) is 5.56 Å².